The van der Waals surface area contributed by atoms with E-state index in [9.17, 15) is 0 Å². The monoisotopic (exact) mass is 266 g/mol. The normalized spacial score (nSPS) is 26.4. The van der Waals surface area contributed by atoms with Crippen molar-refractivity contribution in [1.82, 2.24) is 10.6 Å². The Balaban J connectivity index is 1.62. The van der Waals surface area contributed by atoms with Crippen LogP contribution in [-0.2, 0) is 12.0 Å². The summed E-state index contributed by atoms with van der Waals surface area (Å²) in [6.07, 6.45) is 1.08. The Labute approximate surface area is 121 Å². The first-order chi connectivity index (χ1) is 9.76. The van der Waals surface area contributed by atoms with Crippen LogP contribution in [0.2, 0.25) is 0 Å². The molecule has 0 bridgehead atoms. The predicted molar refractivity (Wildman–Crippen MR) is 83.7 cm³/mol. The molecule has 0 saturated carbocycles. The molecule has 2 heteroatoms. The lowest BCUT2D eigenvalue weighted by Crippen LogP contribution is -2.60. The van der Waals surface area contributed by atoms with Gasteiger partial charge in [-0.1, -0.05) is 60.7 Å². The summed E-state index contributed by atoms with van der Waals surface area (Å²) in [5.41, 5.74) is 2.79. The van der Waals surface area contributed by atoms with Crippen LogP contribution >= 0.6 is 0 Å². The number of piperazine rings is 1. The zero-order chi connectivity index (χ0) is 13.8. The van der Waals surface area contributed by atoms with E-state index in [1.165, 1.54) is 11.1 Å². The van der Waals surface area contributed by atoms with Crippen molar-refractivity contribution in [3.63, 3.8) is 0 Å². The predicted octanol–water partition coefficient (Wildman–Crippen LogP) is 2.71. The molecule has 0 radical (unpaired) electrons. The molecule has 3 rings (SSSR count). The average Bonchev–Trinajstić information content (AvgIpc) is 2.52. The summed E-state index contributed by atoms with van der Waals surface area (Å²) in [6.45, 7) is 4.24. The molecule has 20 heavy (non-hydrogen) atoms. The van der Waals surface area contributed by atoms with E-state index in [1.807, 2.05) is 0 Å². The van der Waals surface area contributed by atoms with Crippen LogP contribution in [0.25, 0.3) is 0 Å². The molecule has 104 valence electrons. The lowest BCUT2D eigenvalue weighted by molar-refractivity contribution is 0.255. The highest BCUT2D eigenvalue weighted by Crippen LogP contribution is 2.22. The molecule has 2 unspecified atom stereocenters. The third-order valence-electron chi connectivity index (χ3n) is 4.22. The molecule has 2 atom stereocenters. The first-order valence-electron chi connectivity index (χ1n) is 7.34. The van der Waals surface area contributed by atoms with Crippen LogP contribution in [-0.4, -0.2) is 19.1 Å². The minimum Gasteiger partial charge on any atom is -0.310 e. The molecular weight excluding hydrogens is 244 g/mol. The number of benzene rings is 2. The smallest absolute Gasteiger partial charge is 0.0533 e. The molecule has 1 heterocycles. The van der Waals surface area contributed by atoms with Crippen molar-refractivity contribution in [2.24, 2.45) is 0 Å². The Bertz CT molecular complexity index is 528. The van der Waals surface area contributed by atoms with Crippen molar-refractivity contribution in [2.75, 3.05) is 13.1 Å². The topological polar surface area (TPSA) is 24.1 Å². The first-order valence-corrected chi connectivity index (χ1v) is 7.34. The highest BCUT2D eigenvalue weighted by molar-refractivity contribution is 5.25. The van der Waals surface area contributed by atoms with E-state index in [4.69, 9.17) is 0 Å². The molecule has 1 aliphatic rings. The van der Waals surface area contributed by atoms with Gasteiger partial charge < -0.3 is 10.6 Å². The lowest BCUT2D eigenvalue weighted by atomic mass is 9.88. The van der Waals surface area contributed by atoms with Crippen LogP contribution in [0.1, 0.15) is 18.1 Å². The Kier molecular flexibility index (Phi) is 3.86. The molecule has 1 saturated heterocycles. The maximum atomic E-state index is 3.72. The quantitative estimate of drug-likeness (QED) is 0.892. The van der Waals surface area contributed by atoms with Gasteiger partial charge in [0, 0.05) is 19.1 Å². The fraction of sp³-hybridized carbons (Fsp3) is 0.333. The van der Waals surface area contributed by atoms with Crippen LogP contribution in [0, 0.1) is 0 Å². The third kappa shape index (κ3) is 2.92. The minimum atomic E-state index is 0.0362. The van der Waals surface area contributed by atoms with Crippen molar-refractivity contribution in [3.8, 4) is 0 Å². The number of rotatable bonds is 3. The van der Waals surface area contributed by atoms with Crippen LogP contribution in [0.15, 0.2) is 60.7 Å². The molecule has 1 aliphatic heterocycles. The molecule has 2 N–H and O–H groups in total. The number of nitrogens with one attached hydrogen (secondary N) is 2. The molecule has 0 aromatic heterocycles. The molecule has 2 aromatic rings. The average molecular weight is 266 g/mol. The van der Waals surface area contributed by atoms with Gasteiger partial charge in [0.05, 0.1) is 5.54 Å². The molecular formula is C18H22N2. The molecule has 2 aromatic carbocycles. The third-order valence-corrected chi connectivity index (χ3v) is 4.22. The Hall–Kier alpha value is -1.64. The molecule has 0 aliphatic carbocycles. The Morgan fingerprint density at radius 3 is 2.25 bits per heavy atom. The Morgan fingerprint density at radius 1 is 1.00 bits per heavy atom. The first kappa shape index (κ1) is 13.3. The van der Waals surface area contributed by atoms with E-state index in [1.54, 1.807) is 0 Å². The molecule has 0 spiro atoms. The second-order valence-corrected chi connectivity index (χ2v) is 5.85. The zero-order valence-corrected chi connectivity index (χ0v) is 12.0. The van der Waals surface area contributed by atoms with Crippen LogP contribution in [0.3, 0.4) is 0 Å². The van der Waals surface area contributed by atoms with Crippen LogP contribution in [0.5, 0.6) is 0 Å². The maximum Gasteiger partial charge on any atom is 0.0533 e. The van der Waals surface area contributed by atoms with Gasteiger partial charge in [0.2, 0.25) is 0 Å². The zero-order valence-electron chi connectivity index (χ0n) is 12.0. The fourth-order valence-electron chi connectivity index (χ4n) is 2.88. The van der Waals surface area contributed by atoms with E-state index in [-0.39, 0.29) is 5.54 Å². The van der Waals surface area contributed by atoms with Crippen LogP contribution < -0.4 is 10.6 Å². The van der Waals surface area contributed by atoms with E-state index >= 15 is 0 Å². The summed E-state index contributed by atoms with van der Waals surface area (Å²) in [6, 6.07) is 21.9. The van der Waals surface area contributed by atoms with E-state index in [0.717, 1.165) is 19.5 Å². The maximum absolute atomic E-state index is 3.72. The second kappa shape index (κ2) is 5.78. The van der Waals surface area contributed by atoms with Gasteiger partial charge in [0.25, 0.3) is 0 Å². The summed E-state index contributed by atoms with van der Waals surface area (Å²) in [5.74, 6) is 0. The van der Waals surface area contributed by atoms with E-state index < -0.39 is 0 Å². The second-order valence-electron chi connectivity index (χ2n) is 5.85. The van der Waals surface area contributed by atoms with Gasteiger partial charge in [0.1, 0.15) is 0 Å². The van der Waals surface area contributed by atoms with Gasteiger partial charge >= 0.3 is 0 Å². The van der Waals surface area contributed by atoms with Gasteiger partial charge in [-0.15, -0.1) is 0 Å². The summed E-state index contributed by atoms with van der Waals surface area (Å²) >= 11 is 0. The largest absolute Gasteiger partial charge is 0.310 e. The highest BCUT2D eigenvalue weighted by atomic mass is 15.1. The number of hydrogen-bond acceptors (Lipinski definition) is 2. The van der Waals surface area contributed by atoms with Crippen molar-refractivity contribution in [1.29, 1.82) is 0 Å². The number of hydrogen-bond donors (Lipinski definition) is 2. The van der Waals surface area contributed by atoms with Crippen molar-refractivity contribution in [2.45, 2.75) is 24.9 Å². The van der Waals surface area contributed by atoms with Gasteiger partial charge in [-0.05, 0) is 24.5 Å². The standard InChI is InChI=1S/C18H22N2/c1-18(16-10-6-3-7-11-16)14-19-17(13-20-18)12-15-8-4-2-5-9-15/h2-11,17,19-20H,12-14H2,1H3. The van der Waals surface area contributed by atoms with Crippen LogP contribution in [0.4, 0.5) is 0 Å². The summed E-state index contributed by atoms with van der Waals surface area (Å²) in [5, 5.41) is 7.41. The van der Waals surface area contributed by atoms with Crippen molar-refractivity contribution in [3.05, 3.63) is 71.8 Å². The minimum absolute atomic E-state index is 0.0362. The van der Waals surface area contributed by atoms with Gasteiger partial charge in [-0.3, -0.25) is 0 Å². The summed E-state index contributed by atoms with van der Waals surface area (Å²) < 4.78 is 0. The molecule has 0 amide bonds. The van der Waals surface area contributed by atoms with E-state index in [0.29, 0.717) is 6.04 Å². The van der Waals surface area contributed by atoms with Crippen molar-refractivity contribution >= 4 is 0 Å². The molecule has 1 fully saturated rings. The summed E-state index contributed by atoms with van der Waals surface area (Å²) in [7, 11) is 0. The fourth-order valence-corrected chi connectivity index (χ4v) is 2.88. The highest BCUT2D eigenvalue weighted by Gasteiger charge is 2.31. The van der Waals surface area contributed by atoms with Gasteiger partial charge in [0.15, 0.2) is 0 Å². The van der Waals surface area contributed by atoms with Crippen molar-refractivity contribution < 1.29 is 0 Å². The lowest BCUT2D eigenvalue weighted by Gasteiger charge is -2.40. The Morgan fingerprint density at radius 2 is 1.65 bits per heavy atom. The molecule has 2 nitrogen and oxygen atoms in total. The van der Waals surface area contributed by atoms with Gasteiger partial charge in [-0.2, -0.15) is 0 Å². The summed E-state index contributed by atoms with van der Waals surface area (Å²) in [4.78, 5) is 0. The van der Waals surface area contributed by atoms with E-state index in [2.05, 4.69) is 78.2 Å². The van der Waals surface area contributed by atoms with Gasteiger partial charge in [-0.25, -0.2) is 0 Å². The SMILES string of the molecule is CC1(c2ccccc2)CNC(Cc2ccccc2)CN1.